The SMILES string of the molecule is C=C[SiH](CCc1ccccc1)C(OC)OC. The molecule has 16 heavy (non-hydrogen) atoms. The minimum Gasteiger partial charge on any atom is -0.360 e. The van der Waals surface area contributed by atoms with Crippen molar-refractivity contribution < 1.29 is 9.47 Å². The van der Waals surface area contributed by atoms with E-state index in [0.29, 0.717) is 0 Å². The Hall–Kier alpha value is -0.903. The summed E-state index contributed by atoms with van der Waals surface area (Å²) < 4.78 is 10.6. The molecule has 0 aliphatic carbocycles. The van der Waals surface area contributed by atoms with E-state index in [1.807, 2.05) is 11.8 Å². The Kier molecular flexibility index (Phi) is 6.07. The largest absolute Gasteiger partial charge is 0.360 e. The van der Waals surface area contributed by atoms with Crippen LogP contribution < -0.4 is 0 Å². The van der Waals surface area contributed by atoms with Crippen LogP contribution in [0.5, 0.6) is 0 Å². The summed E-state index contributed by atoms with van der Waals surface area (Å²) in [5.74, 6) is -0.0544. The van der Waals surface area contributed by atoms with Crippen molar-refractivity contribution in [1.82, 2.24) is 0 Å². The lowest BCUT2D eigenvalue weighted by molar-refractivity contribution is -0.0463. The first-order chi connectivity index (χ1) is 7.81. The minimum atomic E-state index is -1.18. The molecule has 0 saturated heterocycles. The third-order valence-electron chi connectivity index (χ3n) is 2.73. The van der Waals surface area contributed by atoms with Crippen molar-refractivity contribution >= 4 is 8.80 Å². The highest BCUT2D eigenvalue weighted by molar-refractivity contribution is 6.65. The Morgan fingerprint density at radius 2 is 1.88 bits per heavy atom. The molecular formula is C13H20O2Si. The summed E-state index contributed by atoms with van der Waals surface area (Å²) in [7, 11) is 2.21. The van der Waals surface area contributed by atoms with Crippen molar-refractivity contribution in [2.45, 2.75) is 18.4 Å². The van der Waals surface area contributed by atoms with Crippen LogP contribution in [-0.2, 0) is 15.9 Å². The zero-order chi connectivity index (χ0) is 11.8. The van der Waals surface area contributed by atoms with E-state index >= 15 is 0 Å². The summed E-state index contributed by atoms with van der Waals surface area (Å²) in [6.07, 6.45) is 1.08. The smallest absolute Gasteiger partial charge is 0.141 e. The summed E-state index contributed by atoms with van der Waals surface area (Å²) in [4.78, 5) is 0. The third-order valence-corrected chi connectivity index (χ3v) is 5.53. The first kappa shape index (κ1) is 13.2. The molecule has 0 amide bonds. The molecule has 0 radical (unpaired) electrons. The molecule has 0 spiro atoms. The number of aryl methyl sites for hydroxylation is 1. The lowest BCUT2D eigenvalue weighted by Crippen LogP contribution is -2.33. The van der Waals surface area contributed by atoms with Gasteiger partial charge in [-0.2, -0.15) is 0 Å². The third kappa shape index (κ3) is 3.93. The predicted octanol–water partition coefficient (Wildman–Crippen LogP) is 2.34. The zero-order valence-corrected chi connectivity index (χ0v) is 11.2. The van der Waals surface area contributed by atoms with E-state index in [9.17, 15) is 0 Å². The van der Waals surface area contributed by atoms with Gasteiger partial charge in [-0.15, -0.1) is 6.58 Å². The van der Waals surface area contributed by atoms with Crippen LogP contribution in [0.4, 0.5) is 0 Å². The Labute approximate surface area is 99.5 Å². The molecule has 0 aliphatic rings. The van der Waals surface area contributed by atoms with Crippen LogP contribution in [0.3, 0.4) is 0 Å². The maximum Gasteiger partial charge on any atom is 0.141 e. The van der Waals surface area contributed by atoms with Gasteiger partial charge in [0, 0.05) is 14.2 Å². The summed E-state index contributed by atoms with van der Waals surface area (Å²) >= 11 is 0. The summed E-state index contributed by atoms with van der Waals surface area (Å²) in [5.41, 5.74) is 3.41. The van der Waals surface area contributed by atoms with E-state index in [1.165, 1.54) is 5.56 Å². The van der Waals surface area contributed by atoms with Gasteiger partial charge in [-0.05, 0) is 18.0 Å². The Balaban J connectivity index is 2.48. The van der Waals surface area contributed by atoms with E-state index in [-0.39, 0.29) is 5.91 Å². The molecule has 3 heteroatoms. The van der Waals surface area contributed by atoms with Gasteiger partial charge >= 0.3 is 0 Å². The number of benzene rings is 1. The van der Waals surface area contributed by atoms with Crippen LogP contribution in [0.2, 0.25) is 6.04 Å². The van der Waals surface area contributed by atoms with E-state index < -0.39 is 8.80 Å². The molecule has 1 atom stereocenters. The second kappa shape index (κ2) is 7.38. The second-order valence-electron chi connectivity index (χ2n) is 3.76. The minimum absolute atomic E-state index is 0.0544. The van der Waals surface area contributed by atoms with Crippen LogP contribution in [0.25, 0.3) is 0 Å². The molecule has 0 heterocycles. The Morgan fingerprint density at radius 1 is 1.25 bits per heavy atom. The Bertz CT molecular complexity index is 296. The van der Waals surface area contributed by atoms with E-state index in [1.54, 1.807) is 14.2 Å². The fourth-order valence-corrected chi connectivity index (χ4v) is 3.88. The van der Waals surface area contributed by atoms with Gasteiger partial charge in [0.1, 0.15) is 14.7 Å². The molecule has 1 aromatic rings. The predicted molar refractivity (Wildman–Crippen MR) is 70.1 cm³/mol. The van der Waals surface area contributed by atoms with E-state index in [4.69, 9.17) is 9.47 Å². The molecule has 0 fully saturated rings. The number of ether oxygens (including phenoxy) is 2. The topological polar surface area (TPSA) is 18.5 Å². The molecular weight excluding hydrogens is 216 g/mol. The maximum atomic E-state index is 5.31. The van der Waals surface area contributed by atoms with Crippen LogP contribution >= 0.6 is 0 Å². The van der Waals surface area contributed by atoms with Crippen molar-refractivity contribution in [1.29, 1.82) is 0 Å². The number of hydrogen-bond acceptors (Lipinski definition) is 2. The highest BCUT2D eigenvalue weighted by Crippen LogP contribution is 2.10. The summed E-state index contributed by atoms with van der Waals surface area (Å²) in [6, 6.07) is 11.6. The monoisotopic (exact) mass is 236 g/mol. The van der Waals surface area contributed by atoms with Gasteiger partial charge in [0.05, 0.1) is 0 Å². The number of hydrogen-bond donors (Lipinski definition) is 0. The Morgan fingerprint density at radius 3 is 2.38 bits per heavy atom. The number of methoxy groups -OCH3 is 2. The molecule has 1 aromatic carbocycles. The fourth-order valence-electron chi connectivity index (χ4n) is 1.79. The zero-order valence-electron chi connectivity index (χ0n) is 10.1. The molecule has 1 rings (SSSR count). The highest BCUT2D eigenvalue weighted by atomic mass is 28.3. The summed E-state index contributed by atoms with van der Waals surface area (Å²) in [5, 5.41) is 0. The average molecular weight is 236 g/mol. The molecule has 88 valence electrons. The van der Waals surface area contributed by atoms with Crippen LogP contribution in [0, 0.1) is 0 Å². The average Bonchev–Trinajstić information content (AvgIpc) is 2.35. The van der Waals surface area contributed by atoms with Crippen molar-refractivity contribution in [2.24, 2.45) is 0 Å². The molecule has 0 saturated carbocycles. The van der Waals surface area contributed by atoms with Crippen molar-refractivity contribution in [2.75, 3.05) is 14.2 Å². The fraction of sp³-hybridized carbons (Fsp3) is 0.385. The quantitative estimate of drug-likeness (QED) is 0.534. The van der Waals surface area contributed by atoms with E-state index in [0.717, 1.165) is 12.5 Å². The molecule has 0 N–H and O–H groups in total. The van der Waals surface area contributed by atoms with Gasteiger partial charge in [-0.3, -0.25) is 0 Å². The van der Waals surface area contributed by atoms with Crippen LogP contribution in [0.15, 0.2) is 42.6 Å². The highest BCUT2D eigenvalue weighted by Gasteiger charge is 2.19. The van der Waals surface area contributed by atoms with Crippen molar-refractivity contribution in [3.8, 4) is 0 Å². The van der Waals surface area contributed by atoms with Gasteiger partial charge < -0.3 is 9.47 Å². The van der Waals surface area contributed by atoms with Crippen molar-refractivity contribution in [3.63, 3.8) is 0 Å². The van der Waals surface area contributed by atoms with Gasteiger partial charge in [0.25, 0.3) is 0 Å². The lowest BCUT2D eigenvalue weighted by Gasteiger charge is -2.20. The molecule has 0 aliphatic heterocycles. The van der Waals surface area contributed by atoms with E-state index in [2.05, 4.69) is 30.8 Å². The number of rotatable bonds is 7. The lowest BCUT2D eigenvalue weighted by atomic mass is 10.2. The summed E-state index contributed by atoms with van der Waals surface area (Å²) in [6.45, 7) is 3.89. The van der Waals surface area contributed by atoms with Gasteiger partial charge in [-0.1, -0.05) is 36.0 Å². The second-order valence-corrected chi connectivity index (χ2v) is 6.68. The first-order valence-corrected chi connectivity index (χ1v) is 7.69. The molecule has 0 bridgehead atoms. The maximum absolute atomic E-state index is 5.31. The molecule has 0 aromatic heterocycles. The molecule has 2 nitrogen and oxygen atoms in total. The van der Waals surface area contributed by atoms with Gasteiger partial charge in [0.15, 0.2) is 0 Å². The van der Waals surface area contributed by atoms with Gasteiger partial charge in [-0.25, -0.2) is 0 Å². The van der Waals surface area contributed by atoms with Gasteiger partial charge in [0.2, 0.25) is 0 Å². The normalized spacial score (nSPS) is 12.7. The molecule has 1 unspecified atom stereocenters. The van der Waals surface area contributed by atoms with Crippen LogP contribution in [-0.4, -0.2) is 28.9 Å². The first-order valence-electron chi connectivity index (χ1n) is 5.54. The standard InChI is InChI=1S/C13H20O2Si/c1-4-16(13(14-2)15-3)11-10-12-8-6-5-7-9-12/h4-9,13,16H,1,10-11H2,2-3H3. The van der Waals surface area contributed by atoms with Crippen molar-refractivity contribution in [3.05, 3.63) is 48.2 Å². The van der Waals surface area contributed by atoms with Crippen LogP contribution in [0.1, 0.15) is 5.56 Å².